The van der Waals surface area contributed by atoms with Gasteiger partial charge in [0.1, 0.15) is 5.82 Å². The number of likely N-dealkylation sites (tertiary alicyclic amines) is 2. The Hall–Kier alpha value is -2.58. The second kappa shape index (κ2) is 9.70. The highest BCUT2D eigenvalue weighted by atomic mass is 19.1. The van der Waals surface area contributed by atoms with Gasteiger partial charge in [0.15, 0.2) is 0 Å². The summed E-state index contributed by atoms with van der Waals surface area (Å²) in [5.74, 6) is 0.953. The monoisotopic (exact) mass is 426 g/mol. The molecule has 7 nitrogen and oxygen atoms in total. The molecule has 0 spiro atoms. The molecule has 2 aromatic rings. The first kappa shape index (κ1) is 21.6. The molecule has 8 heteroatoms. The Morgan fingerprint density at radius 2 is 1.84 bits per heavy atom. The highest BCUT2D eigenvalue weighted by Crippen LogP contribution is 2.33. The number of benzene rings is 1. The lowest BCUT2D eigenvalue weighted by atomic mass is 9.86. The number of anilines is 2. The zero-order valence-corrected chi connectivity index (χ0v) is 18.2. The molecular weight excluding hydrogens is 395 g/mol. The van der Waals surface area contributed by atoms with Crippen LogP contribution < -0.4 is 10.6 Å². The van der Waals surface area contributed by atoms with E-state index >= 15 is 0 Å². The van der Waals surface area contributed by atoms with E-state index in [0.717, 1.165) is 51.0 Å². The van der Waals surface area contributed by atoms with Crippen LogP contribution in [0.15, 0.2) is 36.7 Å². The molecule has 1 aromatic carbocycles. The Morgan fingerprint density at radius 1 is 1.16 bits per heavy atom. The van der Waals surface area contributed by atoms with Crippen molar-refractivity contribution >= 4 is 17.5 Å². The van der Waals surface area contributed by atoms with E-state index in [1.54, 1.807) is 12.1 Å². The maximum absolute atomic E-state index is 13.1. The van der Waals surface area contributed by atoms with Gasteiger partial charge in [-0.1, -0.05) is 0 Å². The Kier molecular flexibility index (Phi) is 6.77. The number of piperidine rings is 1. The van der Waals surface area contributed by atoms with Crippen molar-refractivity contribution in [3.05, 3.63) is 48.0 Å². The fourth-order valence-electron chi connectivity index (χ4n) is 4.87. The van der Waals surface area contributed by atoms with E-state index < -0.39 is 0 Å². The summed E-state index contributed by atoms with van der Waals surface area (Å²) in [7, 11) is 3.94. The number of rotatable bonds is 6. The minimum absolute atomic E-state index is 0.0269. The van der Waals surface area contributed by atoms with Crippen LogP contribution in [-0.2, 0) is 11.3 Å². The summed E-state index contributed by atoms with van der Waals surface area (Å²) < 4.78 is 13.1. The van der Waals surface area contributed by atoms with Crippen LogP contribution in [0.3, 0.4) is 0 Å². The molecule has 3 heterocycles. The zero-order valence-electron chi connectivity index (χ0n) is 18.2. The Morgan fingerprint density at radius 3 is 2.48 bits per heavy atom. The van der Waals surface area contributed by atoms with Gasteiger partial charge in [-0.15, -0.1) is 0 Å². The van der Waals surface area contributed by atoms with Gasteiger partial charge in [0.2, 0.25) is 11.9 Å². The van der Waals surface area contributed by atoms with Crippen LogP contribution in [-0.4, -0.2) is 65.4 Å². The summed E-state index contributed by atoms with van der Waals surface area (Å²) in [5.41, 5.74) is 1.78. The lowest BCUT2D eigenvalue weighted by Gasteiger charge is -2.37. The molecule has 2 aliphatic heterocycles. The summed E-state index contributed by atoms with van der Waals surface area (Å²) in [5, 5.41) is 5.88. The molecule has 2 aliphatic rings. The van der Waals surface area contributed by atoms with E-state index in [2.05, 4.69) is 37.4 Å². The lowest BCUT2D eigenvalue weighted by molar-refractivity contribution is -0.119. The summed E-state index contributed by atoms with van der Waals surface area (Å²) in [6, 6.07) is 6.39. The van der Waals surface area contributed by atoms with Crippen molar-refractivity contribution in [2.75, 3.05) is 44.4 Å². The van der Waals surface area contributed by atoms with E-state index in [-0.39, 0.29) is 17.6 Å². The Balaban J connectivity index is 1.26. The molecule has 2 saturated heterocycles. The zero-order chi connectivity index (χ0) is 21.8. The van der Waals surface area contributed by atoms with E-state index in [1.165, 1.54) is 12.1 Å². The van der Waals surface area contributed by atoms with Gasteiger partial charge in [0.05, 0.1) is 5.92 Å². The average molecular weight is 427 g/mol. The van der Waals surface area contributed by atoms with Crippen molar-refractivity contribution in [2.45, 2.75) is 31.8 Å². The maximum atomic E-state index is 13.1. The molecule has 1 aromatic heterocycles. The quantitative estimate of drug-likeness (QED) is 0.740. The first-order valence-corrected chi connectivity index (χ1v) is 11.0. The molecule has 4 rings (SSSR count). The second-order valence-corrected chi connectivity index (χ2v) is 8.71. The SMILES string of the molecule is CNc1ncc(CN2CCC([C@@H]3C[C@@H](C(=O)Nc4ccc(F)cc4)CN3C)CC2)cn1. The minimum Gasteiger partial charge on any atom is -0.357 e. The largest absolute Gasteiger partial charge is 0.357 e. The van der Waals surface area contributed by atoms with Crippen molar-refractivity contribution in [3.8, 4) is 0 Å². The minimum atomic E-state index is -0.299. The Bertz CT molecular complexity index is 867. The van der Waals surface area contributed by atoms with Crippen LogP contribution >= 0.6 is 0 Å². The van der Waals surface area contributed by atoms with E-state index in [9.17, 15) is 9.18 Å². The van der Waals surface area contributed by atoms with Crippen LogP contribution in [0.1, 0.15) is 24.8 Å². The number of hydrogen-bond donors (Lipinski definition) is 2. The second-order valence-electron chi connectivity index (χ2n) is 8.71. The summed E-state index contributed by atoms with van der Waals surface area (Å²) in [4.78, 5) is 26.1. The molecule has 2 atom stereocenters. The van der Waals surface area contributed by atoms with E-state index in [4.69, 9.17) is 0 Å². The van der Waals surface area contributed by atoms with Crippen LogP contribution in [0.2, 0.25) is 0 Å². The molecule has 0 saturated carbocycles. The number of nitrogens with zero attached hydrogens (tertiary/aromatic N) is 4. The summed E-state index contributed by atoms with van der Waals surface area (Å²) in [6.07, 6.45) is 6.93. The highest BCUT2D eigenvalue weighted by Gasteiger charge is 2.39. The van der Waals surface area contributed by atoms with Crippen LogP contribution in [0.4, 0.5) is 16.0 Å². The van der Waals surface area contributed by atoms with E-state index in [0.29, 0.717) is 23.6 Å². The van der Waals surface area contributed by atoms with Gasteiger partial charge in [0.25, 0.3) is 0 Å². The molecular formula is C23H31FN6O. The lowest BCUT2D eigenvalue weighted by Crippen LogP contribution is -2.41. The fourth-order valence-corrected chi connectivity index (χ4v) is 4.87. The van der Waals surface area contributed by atoms with Gasteiger partial charge in [0, 0.05) is 49.8 Å². The number of halogens is 1. The summed E-state index contributed by atoms with van der Waals surface area (Å²) in [6.45, 7) is 3.75. The van der Waals surface area contributed by atoms with E-state index in [1.807, 2.05) is 19.4 Å². The predicted molar refractivity (Wildman–Crippen MR) is 119 cm³/mol. The molecule has 0 aliphatic carbocycles. The summed E-state index contributed by atoms with van der Waals surface area (Å²) >= 11 is 0. The van der Waals surface area contributed by atoms with Crippen molar-refractivity contribution in [1.82, 2.24) is 19.8 Å². The molecule has 31 heavy (non-hydrogen) atoms. The highest BCUT2D eigenvalue weighted by molar-refractivity contribution is 5.92. The Labute approximate surface area is 183 Å². The first-order chi connectivity index (χ1) is 15.0. The number of carbonyl (C=O) groups is 1. The van der Waals surface area contributed by atoms with Crippen molar-refractivity contribution in [3.63, 3.8) is 0 Å². The third-order valence-electron chi connectivity index (χ3n) is 6.59. The number of hydrogen-bond acceptors (Lipinski definition) is 6. The predicted octanol–water partition coefficient (Wildman–Crippen LogP) is 2.83. The standard InChI is InChI=1S/C23H31FN6O/c1-25-23-26-12-16(13-27-23)14-30-9-7-17(8-10-30)21-11-18(15-29(21)2)22(31)28-20-5-3-19(24)4-6-20/h3-6,12-13,17-18,21H,7-11,14-15H2,1-2H3,(H,28,31)(H,25,26,27)/t18-,21+/m1/s1. The molecule has 0 radical (unpaired) electrons. The third-order valence-corrected chi connectivity index (χ3v) is 6.59. The average Bonchev–Trinajstić information content (AvgIpc) is 3.18. The van der Waals surface area contributed by atoms with Crippen molar-refractivity contribution < 1.29 is 9.18 Å². The van der Waals surface area contributed by atoms with Gasteiger partial charge in [-0.3, -0.25) is 9.69 Å². The van der Waals surface area contributed by atoms with Gasteiger partial charge in [-0.2, -0.15) is 0 Å². The van der Waals surface area contributed by atoms with Gasteiger partial charge in [-0.25, -0.2) is 14.4 Å². The van der Waals surface area contributed by atoms with Gasteiger partial charge >= 0.3 is 0 Å². The molecule has 0 unspecified atom stereocenters. The van der Waals surface area contributed by atoms with Gasteiger partial charge < -0.3 is 15.5 Å². The number of nitrogens with one attached hydrogen (secondary N) is 2. The van der Waals surface area contributed by atoms with Crippen LogP contribution in [0, 0.1) is 17.7 Å². The maximum Gasteiger partial charge on any atom is 0.228 e. The normalized spacial score (nSPS) is 23.1. The number of carbonyl (C=O) groups excluding carboxylic acids is 1. The smallest absolute Gasteiger partial charge is 0.228 e. The molecule has 1 amide bonds. The molecule has 2 fully saturated rings. The fraction of sp³-hybridized carbons (Fsp3) is 0.522. The topological polar surface area (TPSA) is 73.4 Å². The number of amides is 1. The first-order valence-electron chi connectivity index (χ1n) is 11.0. The van der Waals surface area contributed by atoms with Gasteiger partial charge in [-0.05, 0) is 69.6 Å². The van der Waals surface area contributed by atoms with Crippen LogP contribution in [0.5, 0.6) is 0 Å². The van der Waals surface area contributed by atoms with Crippen molar-refractivity contribution in [2.24, 2.45) is 11.8 Å². The molecule has 0 bridgehead atoms. The molecule has 2 N–H and O–H groups in total. The number of aromatic nitrogens is 2. The van der Waals surface area contributed by atoms with Crippen molar-refractivity contribution in [1.29, 1.82) is 0 Å². The van der Waals surface area contributed by atoms with Crippen LogP contribution in [0.25, 0.3) is 0 Å². The third kappa shape index (κ3) is 5.37. The molecule has 166 valence electrons.